The van der Waals surface area contributed by atoms with Crippen molar-refractivity contribution in [1.29, 1.82) is 0 Å². The maximum Gasteiger partial charge on any atom is 0.573 e. The average molecular weight is 583 g/mol. The number of aromatic nitrogens is 2. The number of nitrogens with zero attached hydrogens (tertiary/aromatic N) is 2. The van der Waals surface area contributed by atoms with Crippen LogP contribution in [0, 0.1) is 5.82 Å². The lowest BCUT2D eigenvalue weighted by atomic mass is 10.0. The van der Waals surface area contributed by atoms with Crippen molar-refractivity contribution in [2.75, 3.05) is 25.0 Å². The second kappa shape index (κ2) is 12.1. The SMILES string of the molecule is O=C(O)C[C@H](NC(=O)CNC(=O)c1cc(NC2=NCC(F)CN2)c2cn[nH]c2c1)c1ccc(F)c(OC(F)(F)F)c1. The van der Waals surface area contributed by atoms with Crippen molar-refractivity contribution in [3.8, 4) is 5.75 Å². The van der Waals surface area contributed by atoms with Crippen LogP contribution in [0.5, 0.6) is 5.75 Å². The molecule has 1 aliphatic rings. The molecule has 0 bridgehead atoms. The molecule has 2 atom stereocenters. The van der Waals surface area contributed by atoms with Crippen LogP contribution in [0.2, 0.25) is 0 Å². The Kier molecular flexibility index (Phi) is 8.53. The lowest BCUT2D eigenvalue weighted by molar-refractivity contribution is -0.275. The number of guanidine groups is 1. The topological polar surface area (TPSA) is 170 Å². The van der Waals surface area contributed by atoms with Gasteiger partial charge in [-0.15, -0.1) is 13.2 Å². The highest BCUT2D eigenvalue weighted by atomic mass is 19.4. The number of aliphatic carboxylic acids is 1. The molecule has 1 aromatic heterocycles. The summed E-state index contributed by atoms with van der Waals surface area (Å²) < 4.78 is 68.5. The Morgan fingerprint density at radius 1 is 1.20 bits per heavy atom. The van der Waals surface area contributed by atoms with Crippen LogP contribution >= 0.6 is 0 Å². The molecule has 0 aliphatic carbocycles. The van der Waals surface area contributed by atoms with E-state index in [0.717, 1.165) is 6.07 Å². The van der Waals surface area contributed by atoms with E-state index in [1.165, 1.54) is 18.3 Å². The normalized spacial score (nSPS) is 15.8. The molecule has 1 unspecified atom stereocenters. The minimum absolute atomic E-state index is 0.0450. The number of carboxylic acid groups (broad SMARTS) is 1. The molecule has 12 nitrogen and oxygen atoms in total. The third-order valence-corrected chi connectivity index (χ3v) is 5.72. The Hall–Kier alpha value is -4.96. The first kappa shape index (κ1) is 29.0. The summed E-state index contributed by atoms with van der Waals surface area (Å²) in [6.07, 6.45) is -5.60. The lowest BCUT2D eigenvalue weighted by Gasteiger charge is -2.20. The van der Waals surface area contributed by atoms with Crippen LogP contribution in [0.25, 0.3) is 10.9 Å². The molecule has 41 heavy (non-hydrogen) atoms. The van der Waals surface area contributed by atoms with E-state index < -0.39 is 60.9 Å². The highest BCUT2D eigenvalue weighted by Crippen LogP contribution is 2.29. The molecule has 17 heteroatoms. The summed E-state index contributed by atoms with van der Waals surface area (Å²) in [7, 11) is 0. The fourth-order valence-corrected chi connectivity index (χ4v) is 3.89. The van der Waals surface area contributed by atoms with Crippen LogP contribution in [-0.4, -0.2) is 71.2 Å². The highest BCUT2D eigenvalue weighted by Gasteiger charge is 2.33. The molecular weight excluding hydrogens is 561 g/mol. The van der Waals surface area contributed by atoms with E-state index in [-0.39, 0.29) is 30.2 Å². The quantitative estimate of drug-likeness (QED) is 0.209. The van der Waals surface area contributed by atoms with Gasteiger partial charge in [0.15, 0.2) is 17.5 Å². The van der Waals surface area contributed by atoms with Gasteiger partial charge in [0.25, 0.3) is 5.91 Å². The zero-order valence-corrected chi connectivity index (χ0v) is 20.8. The van der Waals surface area contributed by atoms with E-state index in [9.17, 15) is 41.4 Å². The van der Waals surface area contributed by atoms with Crippen LogP contribution in [0.4, 0.5) is 27.6 Å². The Morgan fingerprint density at radius 3 is 2.66 bits per heavy atom. The summed E-state index contributed by atoms with van der Waals surface area (Å²) in [4.78, 5) is 40.8. The first-order valence-corrected chi connectivity index (χ1v) is 11.9. The van der Waals surface area contributed by atoms with Crippen LogP contribution in [-0.2, 0) is 9.59 Å². The summed E-state index contributed by atoms with van der Waals surface area (Å²) >= 11 is 0. The Balaban J connectivity index is 1.45. The Labute approximate surface area is 227 Å². The Morgan fingerprint density at radius 2 is 1.98 bits per heavy atom. The standard InChI is InChI=1S/C24H22F5N7O5/c25-13-7-31-23(32-8-13)35-17-3-12(4-18-14(17)9-33-36-18)22(40)30-10-20(37)34-16(6-21(38)39)11-1-2-15(26)19(5-11)41-24(27,28)29/h1-5,9,13,16H,6-8,10H2,(H,30,40)(H,33,36)(H,34,37)(H,38,39)(H2,31,32,35)/t16-/m0/s1. The monoisotopic (exact) mass is 583 g/mol. The average Bonchev–Trinajstić information content (AvgIpc) is 3.38. The number of ether oxygens (including phenoxy) is 1. The van der Waals surface area contributed by atoms with Crippen molar-refractivity contribution in [3.05, 3.63) is 53.5 Å². The predicted octanol–water partition coefficient (Wildman–Crippen LogP) is 2.37. The number of fused-ring (bicyclic) bond motifs is 1. The molecule has 0 radical (unpaired) electrons. The minimum atomic E-state index is -5.21. The van der Waals surface area contributed by atoms with Gasteiger partial charge >= 0.3 is 12.3 Å². The largest absolute Gasteiger partial charge is 0.573 e. The summed E-state index contributed by atoms with van der Waals surface area (Å²) in [5.41, 5.74) is 0.779. The van der Waals surface area contributed by atoms with E-state index in [1.54, 1.807) is 0 Å². The number of carboxylic acids is 1. The molecule has 0 saturated heterocycles. The number of hydrogen-bond donors (Lipinski definition) is 6. The summed E-state index contributed by atoms with van der Waals surface area (Å²) in [6, 6.07) is 3.80. The van der Waals surface area contributed by atoms with Crippen molar-refractivity contribution in [2.45, 2.75) is 25.0 Å². The first-order valence-electron chi connectivity index (χ1n) is 11.9. The number of rotatable bonds is 9. The third-order valence-electron chi connectivity index (χ3n) is 5.72. The molecule has 2 aromatic carbocycles. The first-order chi connectivity index (χ1) is 19.4. The van der Waals surface area contributed by atoms with Crippen LogP contribution in [0.15, 0.2) is 41.5 Å². The number of nitrogens with one attached hydrogen (secondary N) is 5. The van der Waals surface area contributed by atoms with Crippen molar-refractivity contribution < 1.29 is 46.2 Å². The zero-order valence-electron chi connectivity index (χ0n) is 20.8. The van der Waals surface area contributed by atoms with E-state index in [1.807, 2.05) is 0 Å². The van der Waals surface area contributed by atoms with Crippen LogP contribution in [0.1, 0.15) is 28.4 Å². The number of carbonyl (C=O) groups is 3. The van der Waals surface area contributed by atoms with Crippen LogP contribution in [0.3, 0.4) is 0 Å². The fraction of sp³-hybridized carbons (Fsp3) is 0.292. The zero-order chi connectivity index (χ0) is 29.7. The summed E-state index contributed by atoms with van der Waals surface area (Å²) in [6.45, 7) is -0.637. The lowest BCUT2D eigenvalue weighted by Crippen LogP contribution is -2.41. The van der Waals surface area contributed by atoms with Gasteiger partial charge in [0.05, 0.1) is 49.5 Å². The number of halogens is 5. The second-order valence-corrected chi connectivity index (χ2v) is 8.79. The van der Waals surface area contributed by atoms with Gasteiger partial charge in [-0.1, -0.05) is 6.07 Å². The van der Waals surface area contributed by atoms with Gasteiger partial charge in [0, 0.05) is 10.9 Å². The maximum absolute atomic E-state index is 13.8. The molecule has 4 rings (SSSR count). The number of carbonyl (C=O) groups excluding carboxylic acids is 2. The Bertz CT molecular complexity index is 1490. The molecule has 0 saturated carbocycles. The highest BCUT2D eigenvalue weighted by molar-refractivity contribution is 6.07. The fourth-order valence-electron chi connectivity index (χ4n) is 3.89. The number of aliphatic imine (C=N–C) groups is 1. The molecule has 1 aliphatic heterocycles. The van der Waals surface area contributed by atoms with Gasteiger partial charge in [0.2, 0.25) is 5.91 Å². The molecule has 3 aromatic rings. The maximum atomic E-state index is 13.8. The minimum Gasteiger partial charge on any atom is -0.481 e. The molecule has 2 amide bonds. The van der Waals surface area contributed by atoms with Gasteiger partial charge in [-0.2, -0.15) is 5.10 Å². The molecule has 218 valence electrons. The van der Waals surface area contributed by atoms with Gasteiger partial charge < -0.3 is 31.1 Å². The number of alkyl halides is 4. The summed E-state index contributed by atoms with van der Waals surface area (Å²) in [5, 5.41) is 26.9. The second-order valence-electron chi connectivity index (χ2n) is 8.79. The van der Waals surface area contributed by atoms with E-state index in [2.05, 4.69) is 41.2 Å². The molecule has 6 N–H and O–H groups in total. The molecular formula is C24H22F5N7O5. The van der Waals surface area contributed by atoms with Crippen molar-refractivity contribution >= 4 is 40.3 Å². The number of aromatic amines is 1. The number of benzene rings is 2. The van der Waals surface area contributed by atoms with E-state index in [0.29, 0.717) is 28.7 Å². The number of amides is 2. The van der Waals surface area contributed by atoms with Gasteiger partial charge in [-0.25, -0.2) is 13.8 Å². The predicted molar refractivity (Wildman–Crippen MR) is 133 cm³/mol. The van der Waals surface area contributed by atoms with Gasteiger partial charge in [0.1, 0.15) is 6.17 Å². The van der Waals surface area contributed by atoms with Crippen molar-refractivity contribution in [1.82, 2.24) is 26.1 Å². The van der Waals surface area contributed by atoms with Crippen LogP contribution < -0.4 is 26.0 Å². The molecule has 0 fully saturated rings. The van der Waals surface area contributed by atoms with Crippen molar-refractivity contribution in [3.63, 3.8) is 0 Å². The number of H-pyrrole nitrogens is 1. The third kappa shape index (κ3) is 7.80. The van der Waals surface area contributed by atoms with E-state index >= 15 is 0 Å². The molecule has 0 spiro atoms. The van der Waals surface area contributed by atoms with Gasteiger partial charge in [-0.3, -0.25) is 19.5 Å². The van der Waals surface area contributed by atoms with E-state index in [4.69, 9.17) is 0 Å². The smallest absolute Gasteiger partial charge is 0.481 e. The number of hydrogen-bond acceptors (Lipinski definition) is 8. The van der Waals surface area contributed by atoms with Gasteiger partial charge in [-0.05, 0) is 29.8 Å². The number of anilines is 1. The molecule has 2 heterocycles. The van der Waals surface area contributed by atoms with Crippen molar-refractivity contribution in [2.24, 2.45) is 4.99 Å². The summed E-state index contributed by atoms with van der Waals surface area (Å²) in [5.74, 6) is -5.26.